The van der Waals surface area contributed by atoms with Gasteiger partial charge >= 0.3 is 0 Å². The van der Waals surface area contributed by atoms with E-state index >= 15 is 0 Å². The Hall–Kier alpha value is -6.38. The van der Waals surface area contributed by atoms with Gasteiger partial charge in [0.05, 0.1) is 0 Å². The van der Waals surface area contributed by atoms with Crippen molar-refractivity contribution in [1.82, 2.24) is 0 Å². The van der Waals surface area contributed by atoms with Crippen LogP contribution in [0.4, 0.5) is 17.1 Å². The Balaban J connectivity index is 1.10. The fourth-order valence-electron chi connectivity index (χ4n) is 8.26. The number of rotatable bonds is 5. The van der Waals surface area contributed by atoms with Crippen LogP contribution in [0, 0.1) is 0 Å². The van der Waals surface area contributed by atoms with Gasteiger partial charge in [-0.1, -0.05) is 135 Å². The molecule has 0 saturated heterocycles. The highest BCUT2D eigenvalue weighted by molar-refractivity contribution is 6.19. The molecule has 242 valence electrons. The Bertz CT molecular complexity index is 2770. The van der Waals surface area contributed by atoms with Crippen LogP contribution in [0.3, 0.4) is 0 Å². The Morgan fingerprint density at radius 2 is 1.06 bits per heavy atom. The Morgan fingerprint density at radius 3 is 1.94 bits per heavy atom. The van der Waals surface area contributed by atoms with Gasteiger partial charge < -0.3 is 9.32 Å². The number of fused-ring (bicyclic) bond motifs is 8. The zero-order valence-corrected chi connectivity index (χ0v) is 28.6. The molecule has 0 saturated carbocycles. The van der Waals surface area contributed by atoms with Gasteiger partial charge in [-0.2, -0.15) is 0 Å². The summed E-state index contributed by atoms with van der Waals surface area (Å²) in [5, 5.41) is 4.74. The van der Waals surface area contributed by atoms with Gasteiger partial charge in [-0.05, 0) is 110 Å². The number of furan rings is 1. The molecule has 0 atom stereocenters. The first kappa shape index (κ1) is 29.5. The van der Waals surface area contributed by atoms with E-state index in [-0.39, 0.29) is 5.41 Å². The molecule has 10 rings (SSSR count). The first-order valence-electron chi connectivity index (χ1n) is 17.7. The molecular formula is C49H35NO. The van der Waals surface area contributed by atoms with E-state index < -0.39 is 0 Å². The Morgan fingerprint density at radius 1 is 0.412 bits per heavy atom. The lowest BCUT2D eigenvalue weighted by molar-refractivity contribution is 0.660. The van der Waals surface area contributed by atoms with E-state index in [4.69, 9.17) is 4.42 Å². The maximum Gasteiger partial charge on any atom is 0.136 e. The molecule has 0 amide bonds. The summed E-state index contributed by atoms with van der Waals surface area (Å²) in [5.41, 5.74) is 15.3. The smallest absolute Gasteiger partial charge is 0.136 e. The van der Waals surface area contributed by atoms with Crippen LogP contribution in [-0.2, 0) is 5.41 Å². The van der Waals surface area contributed by atoms with Gasteiger partial charge in [-0.15, -0.1) is 0 Å². The van der Waals surface area contributed by atoms with Crippen LogP contribution in [0.5, 0.6) is 0 Å². The van der Waals surface area contributed by atoms with Crippen molar-refractivity contribution in [2.24, 2.45) is 0 Å². The minimum absolute atomic E-state index is 0.0921. The van der Waals surface area contributed by atoms with Crippen LogP contribution in [0.1, 0.15) is 25.0 Å². The zero-order chi connectivity index (χ0) is 34.1. The molecule has 2 heteroatoms. The standard InChI is InChI=1S/C49H35NO/c1-49(2)44-17-8-6-15-40(44)41-27-26-39(31-45(41)49)50(38-14-10-13-35(29-38)32-11-4-3-5-12-32)37-24-21-33(22-25-37)36-20-19-34-23-28-47-48(43(34)30-36)42-16-7-9-18-46(42)51-47/h3-31H,1-2H3. The second-order valence-electron chi connectivity index (χ2n) is 14.2. The minimum atomic E-state index is -0.0921. The van der Waals surface area contributed by atoms with Crippen LogP contribution in [0.25, 0.3) is 66.1 Å². The lowest BCUT2D eigenvalue weighted by Gasteiger charge is -2.28. The Kier molecular flexibility index (Phi) is 6.56. The summed E-state index contributed by atoms with van der Waals surface area (Å²) in [7, 11) is 0. The van der Waals surface area contributed by atoms with Crippen LogP contribution in [0.15, 0.2) is 180 Å². The van der Waals surface area contributed by atoms with Gasteiger partial charge in [-0.25, -0.2) is 0 Å². The summed E-state index contributed by atoms with van der Waals surface area (Å²) in [6.07, 6.45) is 0. The molecule has 1 aromatic heterocycles. The summed E-state index contributed by atoms with van der Waals surface area (Å²) in [5.74, 6) is 0. The maximum absolute atomic E-state index is 6.22. The van der Waals surface area contributed by atoms with E-state index in [1.165, 1.54) is 60.7 Å². The third kappa shape index (κ3) is 4.71. The number of benzene rings is 8. The third-order valence-corrected chi connectivity index (χ3v) is 10.9. The molecule has 1 aliphatic carbocycles. The molecule has 0 spiro atoms. The Labute approximate surface area is 297 Å². The molecular weight excluding hydrogens is 619 g/mol. The fraction of sp³-hybridized carbons (Fsp3) is 0.0612. The highest BCUT2D eigenvalue weighted by Gasteiger charge is 2.35. The van der Waals surface area contributed by atoms with Gasteiger partial charge in [-0.3, -0.25) is 0 Å². The molecule has 0 radical (unpaired) electrons. The number of hydrogen-bond donors (Lipinski definition) is 0. The summed E-state index contributed by atoms with van der Waals surface area (Å²) in [6, 6.07) is 63.7. The second-order valence-corrected chi connectivity index (χ2v) is 14.2. The molecule has 8 aromatic carbocycles. The average Bonchev–Trinajstić information content (AvgIpc) is 3.68. The predicted molar refractivity (Wildman–Crippen MR) is 214 cm³/mol. The third-order valence-electron chi connectivity index (χ3n) is 10.9. The summed E-state index contributed by atoms with van der Waals surface area (Å²) < 4.78 is 6.22. The highest BCUT2D eigenvalue weighted by Crippen LogP contribution is 2.51. The van der Waals surface area contributed by atoms with E-state index in [2.05, 4.69) is 183 Å². The number of nitrogens with zero attached hydrogens (tertiary/aromatic N) is 1. The molecule has 51 heavy (non-hydrogen) atoms. The van der Waals surface area contributed by atoms with Crippen molar-refractivity contribution in [2.75, 3.05) is 4.90 Å². The first-order chi connectivity index (χ1) is 25.0. The van der Waals surface area contributed by atoms with Crippen molar-refractivity contribution in [1.29, 1.82) is 0 Å². The molecule has 0 unspecified atom stereocenters. The first-order valence-corrected chi connectivity index (χ1v) is 17.7. The molecule has 0 bridgehead atoms. The van der Waals surface area contributed by atoms with Crippen LogP contribution >= 0.6 is 0 Å². The van der Waals surface area contributed by atoms with Crippen molar-refractivity contribution in [3.63, 3.8) is 0 Å². The lowest BCUT2D eigenvalue weighted by atomic mass is 9.82. The second kappa shape index (κ2) is 11.3. The number of hydrogen-bond acceptors (Lipinski definition) is 2. The van der Waals surface area contributed by atoms with E-state index in [0.717, 1.165) is 33.6 Å². The predicted octanol–water partition coefficient (Wildman–Crippen LogP) is 13.8. The molecule has 1 heterocycles. The normalized spacial score (nSPS) is 13.1. The van der Waals surface area contributed by atoms with Crippen LogP contribution in [0.2, 0.25) is 0 Å². The van der Waals surface area contributed by atoms with Crippen molar-refractivity contribution in [3.8, 4) is 33.4 Å². The molecule has 0 N–H and O–H groups in total. The monoisotopic (exact) mass is 653 g/mol. The summed E-state index contributed by atoms with van der Waals surface area (Å²) >= 11 is 0. The van der Waals surface area contributed by atoms with Gasteiger partial charge in [0.2, 0.25) is 0 Å². The number of anilines is 3. The summed E-state index contributed by atoms with van der Waals surface area (Å²) in [4.78, 5) is 2.40. The van der Waals surface area contributed by atoms with Crippen LogP contribution < -0.4 is 4.90 Å². The zero-order valence-electron chi connectivity index (χ0n) is 28.6. The van der Waals surface area contributed by atoms with Crippen molar-refractivity contribution in [3.05, 3.63) is 187 Å². The van der Waals surface area contributed by atoms with E-state index in [1.54, 1.807) is 0 Å². The van der Waals surface area contributed by atoms with E-state index in [9.17, 15) is 0 Å². The number of para-hydroxylation sites is 1. The molecule has 0 aliphatic heterocycles. The van der Waals surface area contributed by atoms with Gasteiger partial charge in [0, 0.05) is 33.2 Å². The molecule has 0 fully saturated rings. The van der Waals surface area contributed by atoms with Crippen LogP contribution in [-0.4, -0.2) is 0 Å². The quantitative estimate of drug-likeness (QED) is 0.184. The SMILES string of the molecule is CC1(C)c2ccccc2-c2ccc(N(c3ccc(-c4ccc5ccc6oc7ccccc7c6c5c4)cc3)c3cccc(-c4ccccc4)c3)cc21. The van der Waals surface area contributed by atoms with E-state index in [1.807, 2.05) is 12.1 Å². The van der Waals surface area contributed by atoms with Gasteiger partial charge in [0.15, 0.2) is 0 Å². The lowest BCUT2D eigenvalue weighted by Crippen LogP contribution is -2.16. The molecule has 2 nitrogen and oxygen atoms in total. The van der Waals surface area contributed by atoms with Gasteiger partial charge in [0.1, 0.15) is 11.2 Å². The van der Waals surface area contributed by atoms with Crippen molar-refractivity contribution in [2.45, 2.75) is 19.3 Å². The minimum Gasteiger partial charge on any atom is -0.456 e. The largest absolute Gasteiger partial charge is 0.456 e. The topological polar surface area (TPSA) is 16.4 Å². The molecule has 9 aromatic rings. The maximum atomic E-state index is 6.22. The highest BCUT2D eigenvalue weighted by atomic mass is 16.3. The van der Waals surface area contributed by atoms with Gasteiger partial charge in [0.25, 0.3) is 0 Å². The van der Waals surface area contributed by atoms with Crippen molar-refractivity contribution >= 4 is 49.8 Å². The fourth-order valence-corrected chi connectivity index (χ4v) is 8.26. The van der Waals surface area contributed by atoms with E-state index in [0.29, 0.717) is 0 Å². The molecule has 1 aliphatic rings. The summed E-state index contributed by atoms with van der Waals surface area (Å²) in [6.45, 7) is 4.69. The van der Waals surface area contributed by atoms with Crippen molar-refractivity contribution < 1.29 is 4.42 Å². The average molecular weight is 654 g/mol.